The van der Waals surface area contributed by atoms with E-state index in [1.807, 2.05) is 13.8 Å². The zero-order valence-electron chi connectivity index (χ0n) is 11.9. The molecule has 1 aliphatic rings. The summed E-state index contributed by atoms with van der Waals surface area (Å²) in [6, 6.07) is 0.512. The van der Waals surface area contributed by atoms with E-state index < -0.39 is 0 Å². The summed E-state index contributed by atoms with van der Waals surface area (Å²) < 4.78 is 5.38. The number of carbonyl (C=O) groups excluding carboxylic acids is 1. The molecule has 1 aliphatic heterocycles. The second-order valence-electron chi connectivity index (χ2n) is 5.77. The van der Waals surface area contributed by atoms with Gasteiger partial charge in [-0.25, -0.2) is 0 Å². The largest absolute Gasteiger partial charge is 0.381 e. The van der Waals surface area contributed by atoms with Crippen LogP contribution in [-0.2, 0) is 9.53 Å². The van der Waals surface area contributed by atoms with Gasteiger partial charge in [0.05, 0.1) is 6.61 Å². The van der Waals surface area contributed by atoms with E-state index >= 15 is 0 Å². The number of hydrogen-bond donors (Lipinski definition) is 2. The average molecular weight is 256 g/mol. The van der Waals surface area contributed by atoms with Gasteiger partial charge in [-0.15, -0.1) is 0 Å². The zero-order valence-corrected chi connectivity index (χ0v) is 11.9. The lowest BCUT2D eigenvalue weighted by molar-refractivity contribution is -0.126. The van der Waals surface area contributed by atoms with Crippen molar-refractivity contribution in [1.82, 2.24) is 5.32 Å². The van der Waals surface area contributed by atoms with Crippen LogP contribution in [0.3, 0.4) is 0 Å². The number of nitrogens with two attached hydrogens (primary N) is 1. The number of ether oxygens (including phenoxy) is 1. The minimum atomic E-state index is 0.0822. The van der Waals surface area contributed by atoms with Crippen molar-refractivity contribution in [3.63, 3.8) is 0 Å². The molecule has 0 aromatic heterocycles. The minimum absolute atomic E-state index is 0.0822. The van der Waals surface area contributed by atoms with Crippen molar-refractivity contribution >= 4 is 5.91 Å². The van der Waals surface area contributed by atoms with E-state index in [-0.39, 0.29) is 23.9 Å². The Morgan fingerprint density at radius 2 is 2.17 bits per heavy atom. The van der Waals surface area contributed by atoms with E-state index in [4.69, 9.17) is 10.5 Å². The SMILES string of the molecule is CC(N)CCCC(C)C(=O)NC1CCOCC1C. The third-order valence-corrected chi connectivity index (χ3v) is 3.71. The Balaban J connectivity index is 2.26. The van der Waals surface area contributed by atoms with Crippen molar-refractivity contribution in [2.45, 2.75) is 58.5 Å². The van der Waals surface area contributed by atoms with Crippen molar-refractivity contribution in [1.29, 1.82) is 0 Å². The zero-order chi connectivity index (χ0) is 13.5. The maximum Gasteiger partial charge on any atom is 0.223 e. The highest BCUT2D eigenvalue weighted by Crippen LogP contribution is 2.16. The van der Waals surface area contributed by atoms with Gasteiger partial charge in [0.1, 0.15) is 0 Å². The lowest BCUT2D eigenvalue weighted by Gasteiger charge is -2.30. The summed E-state index contributed by atoms with van der Waals surface area (Å²) in [6.07, 6.45) is 3.87. The van der Waals surface area contributed by atoms with Gasteiger partial charge in [0, 0.05) is 24.6 Å². The molecular formula is C14H28N2O2. The van der Waals surface area contributed by atoms with E-state index in [0.717, 1.165) is 38.9 Å². The van der Waals surface area contributed by atoms with Gasteiger partial charge in [0.25, 0.3) is 0 Å². The van der Waals surface area contributed by atoms with Gasteiger partial charge in [-0.3, -0.25) is 4.79 Å². The first-order chi connectivity index (χ1) is 8.50. The standard InChI is InChI=1S/C14H28N2O2/c1-10(5-4-6-12(3)15)14(17)16-13-7-8-18-9-11(13)2/h10-13H,4-9,15H2,1-3H3,(H,16,17). The molecule has 0 saturated carbocycles. The Hall–Kier alpha value is -0.610. The van der Waals surface area contributed by atoms with Gasteiger partial charge >= 0.3 is 0 Å². The van der Waals surface area contributed by atoms with Crippen molar-refractivity contribution in [2.24, 2.45) is 17.6 Å². The summed E-state index contributed by atoms with van der Waals surface area (Å²) in [4.78, 5) is 12.0. The average Bonchev–Trinajstić information content (AvgIpc) is 2.31. The van der Waals surface area contributed by atoms with Crippen LogP contribution in [0.15, 0.2) is 0 Å². The summed E-state index contributed by atoms with van der Waals surface area (Å²) in [7, 11) is 0. The molecule has 4 unspecified atom stereocenters. The van der Waals surface area contributed by atoms with Gasteiger partial charge < -0.3 is 15.8 Å². The van der Waals surface area contributed by atoms with Crippen molar-refractivity contribution in [3.05, 3.63) is 0 Å². The molecule has 106 valence electrons. The molecule has 18 heavy (non-hydrogen) atoms. The highest BCUT2D eigenvalue weighted by Gasteiger charge is 2.25. The van der Waals surface area contributed by atoms with Gasteiger partial charge in [0.2, 0.25) is 5.91 Å². The van der Waals surface area contributed by atoms with Crippen molar-refractivity contribution in [3.8, 4) is 0 Å². The van der Waals surface area contributed by atoms with Crippen LogP contribution in [0.4, 0.5) is 0 Å². The maximum absolute atomic E-state index is 12.0. The van der Waals surface area contributed by atoms with Gasteiger partial charge in [-0.2, -0.15) is 0 Å². The minimum Gasteiger partial charge on any atom is -0.381 e. The Morgan fingerprint density at radius 3 is 2.78 bits per heavy atom. The van der Waals surface area contributed by atoms with Gasteiger partial charge in [0.15, 0.2) is 0 Å². The topological polar surface area (TPSA) is 64.4 Å². The predicted molar refractivity (Wildman–Crippen MR) is 73.2 cm³/mol. The first-order valence-electron chi connectivity index (χ1n) is 7.14. The lowest BCUT2D eigenvalue weighted by atomic mass is 9.95. The monoisotopic (exact) mass is 256 g/mol. The number of rotatable bonds is 6. The molecule has 0 aromatic carbocycles. The first kappa shape index (κ1) is 15.4. The molecule has 0 bridgehead atoms. The summed E-state index contributed by atoms with van der Waals surface area (Å²) in [5, 5.41) is 3.16. The van der Waals surface area contributed by atoms with E-state index in [2.05, 4.69) is 12.2 Å². The highest BCUT2D eigenvalue weighted by molar-refractivity contribution is 5.78. The normalized spacial score (nSPS) is 27.6. The molecule has 0 aliphatic carbocycles. The highest BCUT2D eigenvalue weighted by atomic mass is 16.5. The van der Waals surface area contributed by atoms with E-state index in [1.165, 1.54) is 0 Å². The second-order valence-corrected chi connectivity index (χ2v) is 5.77. The predicted octanol–water partition coefficient (Wildman–Crippen LogP) is 1.68. The Morgan fingerprint density at radius 1 is 1.44 bits per heavy atom. The summed E-state index contributed by atoms with van der Waals surface area (Å²) in [5.74, 6) is 0.677. The van der Waals surface area contributed by atoms with Crippen LogP contribution < -0.4 is 11.1 Å². The number of carbonyl (C=O) groups is 1. The van der Waals surface area contributed by atoms with E-state index in [9.17, 15) is 4.79 Å². The maximum atomic E-state index is 12.0. The van der Waals surface area contributed by atoms with E-state index in [1.54, 1.807) is 0 Å². The Bertz CT molecular complexity index is 256. The van der Waals surface area contributed by atoms with Crippen LogP contribution in [-0.4, -0.2) is 31.2 Å². The number of hydrogen-bond acceptors (Lipinski definition) is 3. The van der Waals surface area contributed by atoms with E-state index in [0.29, 0.717) is 5.92 Å². The van der Waals surface area contributed by atoms with Crippen LogP contribution in [0, 0.1) is 11.8 Å². The molecule has 1 rings (SSSR count). The first-order valence-corrected chi connectivity index (χ1v) is 7.14. The quantitative estimate of drug-likeness (QED) is 0.760. The van der Waals surface area contributed by atoms with Crippen LogP contribution in [0.1, 0.15) is 46.5 Å². The molecule has 1 amide bonds. The molecule has 4 nitrogen and oxygen atoms in total. The van der Waals surface area contributed by atoms with Crippen LogP contribution in [0.2, 0.25) is 0 Å². The third kappa shape index (κ3) is 5.36. The molecule has 3 N–H and O–H groups in total. The van der Waals surface area contributed by atoms with Crippen LogP contribution >= 0.6 is 0 Å². The molecular weight excluding hydrogens is 228 g/mol. The molecule has 4 atom stereocenters. The Kier molecular flexibility index (Phi) is 6.65. The van der Waals surface area contributed by atoms with Crippen molar-refractivity contribution in [2.75, 3.05) is 13.2 Å². The fourth-order valence-corrected chi connectivity index (χ4v) is 2.30. The molecule has 1 heterocycles. The molecule has 1 saturated heterocycles. The van der Waals surface area contributed by atoms with Crippen LogP contribution in [0.5, 0.6) is 0 Å². The lowest BCUT2D eigenvalue weighted by Crippen LogP contribution is -2.46. The van der Waals surface area contributed by atoms with Gasteiger partial charge in [-0.1, -0.05) is 20.3 Å². The fraction of sp³-hybridized carbons (Fsp3) is 0.929. The molecule has 0 aromatic rings. The second kappa shape index (κ2) is 7.74. The van der Waals surface area contributed by atoms with Gasteiger partial charge in [-0.05, 0) is 32.1 Å². The summed E-state index contributed by atoms with van der Waals surface area (Å²) in [6.45, 7) is 7.65. The fourth-order valence-electron chi connectivity index (χ4n) is 2.30. The smallest absolute Gasteiger partial charge is 0.223 e. The van der Waals surface area contributed by atoms with Crippen LogP contribution in [0.25, 0.3) is 0 Å². The van der Waals surface area contributed by atoms with Crippen molar-refractivity contribution < 1.29 is 9.53 Å². The summed E-state index contributed by atoms with van der Waals surface area (Å²) in [5.41, 5.74) is 5.71. The third-order valence-electron chi connectivity index (χ3n) is 3.71. The molecule has 0 spiro atoms. The Labute approximate surface area is 111 Å². The molecule has 0 radical (unpaired) electrons. The summed E-state index contributed by atoms with van der Waals surface area (Å²) >= 11 is 0. The number of amides is 1. The number of nitrogens with one attached hydrogen (secondary N) is 1. The molecule has 4 heteroatoms. The molecule has 1 fully saturated rings.